The van der Waals surface area contributed by atoms with Gasteiger partial charge in [0.25, 0.3) is 0 Å². The second kappa shape index (κ2) is 4.34. The third-order valence-corrected chi connectivity index (χ3v) is 1.73. The van der Waals surface area contributed by atoms with Gasteiger partial charge >= 0.3 is 0 Å². The highest BCUT2D eigenvalue weighted by Crippen LogP contribution is 1.99. The Labute approximate surface area is 68.6 Å². The van der Waals surface area contributed by atoms with Gasteiger partial charge in [0.2, 0.25) is 5.91 Å². The van der Waals surface area contributed by atoms with Gasteiger partial charge in [0.15, 0.2) is 0 Å². The monoisotopic (exact) mass is 158 g/mol. The molecule has 0 aliphatic carbocycles. The van der Waals surface area contributed by atoms with Crippen molar-refractivity contribution in [1.29, 1.82) is 0 Å². The van der Waals surface area contributed by atoms with Crippen LogP contribution in [0.15, 0.2) is 0 Å². The predicted octanol–water partition coefficient (Wildman–Crippen LogP) is 0.511. The molecule has 11 heavy (non-hydrogen) atoms. The third-order valence-electron chi connectivity index (χ3n) is 1.73. The van der Waals surface area contributed by atoms with Gasteiger partial charge in [0, 0.05) is 6.54 Å². The first-order chi connectivity index (χ1) is 5.04. The average Bonchev–Trinajstić information content (AvgIpc) is 2.00. The molecule has 0 radical (unpaired) electrons. The zero-order valence-electron chi connectivity index (χ0n) is 7.82. The number of amides is 1. The first kappa shape index (κ1) is 10.4. The highest BCUT2D eigenvalue weighted by molar-refractivity contribution is 5.85. The molecule has 0 saturated carbocycles. The Kier molecular flexibility index (Phi) is 4.11. The molecule has 66 valence electrons. The molecule has 0 aromatic carbocycles. The number of likely N-dealkylation sites (N-methyl/N-ethyl adjacent to an activating group) is 1. The van der Waals surface area contributed by atoms with Crippen LogP contribution in [0.3, 0.4) is 0 Å². The molecule has 0 bridgehead atoms. The van der Waals surface area contributed by atoms with Crippen molar-refractivity contribution in [3.05, 3.63) is 0 Å². The van der Waals surface area contributed by atoms with E-state index in [-0.39, 0.29) is 5.91 Å². The van der Waals surface area contributed by atoms with Crippen molar-refractivity contribution < 1.29 is 4.79 Å². The minimum Gasteiger partial charge on any atom is -0.355 e. The van der Waals surface area contributed by atoms with E-state index in [2.05, 4.69) is 10.6 Å². The summed E-state index contributed by atoms with van der Waals surface area (Å²) in [7, 11) is 1.78. The van der Waals surface area contributed by atoms with Gasteiger partial charge in [-0.25, -0.2) is 0 Å². The summed E-state index contributed by atoms with van der Waals surface area (Å²) in [6.07, 6.45) is 0.978. The first-order valence-corrected chi connectivity index (χ1v) is 4.01. The van der Waals surface area contributed by atoms with Crippen LogP contribution in [0.25, 0.3) is 0 Å². The zero-order valence-corrected chi connectivity index (χ0v) is 7.82. The van der Waals surface area contributed by atoms with Crippen LogP contribution in [0.4, 0.5) is 0 Å². The van der Waals surface area contributed by atoms with Crippen molar-refractivity contribution in [2.24, 2.45) is 0 Å². The van der Waals surface area contributed by atoms with Crippen molar-refractivity contribution in [1.82, 2.24) is 10.6 Å². The van der Waals surface area contributed by atoms with Crippen LogP contribution in [0.2, 0.25) is 0 Å². The first-order valence-electron chi connectivity index (χ1n) is 4.01. The van der Waals surface area contributed by atoms with E-state index < -0.39 is 5.54 Å². The topological polar surface area (TPSA) is 41.1 Å². The lowest BCUT2D eigenvalue weighted by Gasteiger charge is -2.22. The Morgan fingerprint density at radius 1 is 1.45 bits per heavy atom. The van der Waals surface area contributed by atoms with E-state index in [1.165, 1.54) is 0 Å². The molecule has 0 unspecified atom stereocenters. The molecular formula is C8H18N2O. The molecule has 0 aliphatic rings. The largest absolute Gasteiger partial charge is 0.355 e. The Balaban J connectivity index is 3.82. The Hall–Kier alpha value is -0.570. The second-order valence-electron chi connectivity index (χ2n) is 3.13. The van der Waals surface area contributed by atoms with Crippen LogP contribution in [-0.2, 0) is 4.79 Å². The van der Waals surface area contributed by atoms with E-state index in [0.717, 1.165) is 13.0 Å². The zero-order chi connectivity index (χ0) is 8.91. The van der Waals surface area contributed by atoms with Gasteiger partial charge in [-0.05, 0) is 27.3 Å². The van der Waals surface area contributed by atoms with Gasteiger partial charge in [-0.1, -0.05) is 6.92 Å². The highest BCUT2D eigenvalue weighted by Gasteiger charge is 2.23. The quantitative estimate of drug-likeness (QED) is 0.626. The smallest absolute Gasteiger partial charge is 0.239 e. The molecule has 0 atom stereocenters. The molecule has 0 heterocycles. The number of carbonyl (C=O) groups is 1. The average molecular weight is 158 g/mol. The van der Waals surface area contributed by atoms with Gasteiger partial charge < -0.3 is 10.6 Å². The summed E-state index contributed by atoms with van der Waals surface area (Å²) >= 11 is 0. The number of carbonyl (C=O) groups excluding carboxylic acids is 1. The van der Waals surface area contributed by atoms with E-state index in [9.17, 15) is 4.79 Å². The molecule has 1 amide bonds. The fraction of sp³-hybridized carbons (Fsp3) is 0.875. The third kappa shape index (κ3) is 3.37. The van der Waals surface area contributed by atoms with Crippen LogP contribution in [-0.4, -0.2) is 25.0 Å². The summed E-state index contributed by atoms with van der Waals surface area (Å²) < 4.78 is 0. The van der Waals surface area contributed by atoms with E-state index in [0.29, 0.717) is 0 Å². The number of hydrogen-bond donors (Lipinski definition) is 2. The lowest BCUT2D eigenvalue weighted by atomic mass is 10.1. The summed E-state index contributed by atoms with van der Waals surface area (Å²) in [4.78, 5) is 11.3. The SMILES string of the molecule is CCCNC(=O)C(C)(C)NC. The van der Waals surface area contributed by atoms with Crippen molar-refractivity contribution in [2.45, 2.75) is 32.7 Å². The molecule has 3 nitrogen and oxygen atoms in total. The molecule has 0 rings (SSSR count). The van der Waals surface area contributed by atoms with Gasteiger partial charge in [0.1, 0.15) is 0 Å². The normalized spacial score (nSPS) is 11.3. The summed E-state index contributed by atoms with van der Waals surface area (Å²) in [5, 5.41) is 5.76. The summed E-state index contributed by atoms with van der Waals surface area (Å²) in [6.45, 7) is 6.51. The molecule has 0 saturated heterocycles. The molecule has 0 aromatic rings. The van der Waals surface area contributed by atoms with Crippen molar-refractivity contribution in [3.8, 4) is 0 Å². The highest BCUT2D eigenvalue weighted by atomic mass is 16.2. The molecule has 0 aliphatic heterocycles. The molecule has 0 fully saturated rings. The Morgan fingerprint density at radius 3 is 2.36 bits per heavy atom. The molecule has 2 N–H and O–H groups in total. The standard InChI is InChI=1S/C8H18N2O/c1-5-6-10-7(11)8(2,3)9-4/h9H,5-6H2,1-4H3,(H,10,11). The van der Waals surface area contributed by atoms with Gasteiger partial charge in [-0.3, -0.25) is 4.79 Å². The minimum absolute atomic E-state index is 0.0573. The maximum atomic E-state index is 11.3. The summed E-state index contributed by atoms with van der Waals surface area (Å²) in [5.41, 5.74) is -0.449. The molecular weight excluding hydrogens is 140 g/mol. The van der Waals surface area contributed by atoms with E-state index in [1.54, 1.807) is 7.05 Å². The van der Waals surface area contributed by atoms with Crippen LogP contribution in [0.1, 0.15) is 27.2 Å². The van der Waals surface area contributed by atoms with Gasteiger partial charge in [-0.2, -0.15) is 0 Å². The van der Waals surface area contributed by atoms with Crippen molar-refractivity contribution >= 4 is 5.91 Å². The van der Waals surface area contributed by atoms with Crippen molar-refractivity contribution in [3.63, 3.8) is 0 Å². The molecule has 0 aromatic heterocycles. The number of rotatable bonds is 4. The van der Waals surface area contributed by atoms with Crippen LogP contribution in [0, 0.1) is 0 Å². The van der Waals surface area contributed by atoms with E-state index in [4.69, 9.17) is 0 Å². The van der Waals surface area contributed by atoms with Crippen LogP contribution >= 0.6 is 0 Å². The van der Waals surface area contributed by atoms with Crippen molar-refractivity contribution in [2.75, 3.05) is 13.6 Å². The molecule has 3 heteroatoms. The predicted molar refractivity (Wildman–Crippen MR) is 46.4 cm³/mol. The maximum Gasteiger partial charge on any atom is 0.239 e. The Morgan fingerprint density at radius 2 is 2.00 bits per heavy atom. The van der Waals surface area contributed by atoms with Gasteiger partial charge in [-0.15, -0.1) is 0 Å². The van der Waals surface area contributed by atoms with E-state index in [1.807, 2.05) is 20.8 Å². The van der Waals surface area contributed by atoms with E-state index >= 15 is 0 Å². The fourth-order valence-corrected chi connectivity index (χ4v) is 0.573. The second-order valence-corrected chi connectivity index (χ2v) is 3.13. The molecule has 0 spiro atoms. The van der Waals surface area contributed by atoms with Gasteiger partial charge in [0.05, 0.1) is 5.54 Å². The van der Waals surface area contributed by atoms with Crippen LogP contribution in [0.5, 0.6) is 0 Å². The van der Waals surface area contributed by atoms with Crippen LogP contribution < -0.4 is 10.6 Å². The number of hydrogen-bond acceptors (Lipinski definition) is 2. The summed E-state index contributed by atoms with van der Waals surface area (Å²) in [6, 6.07) is 0. The Bertz CT molecular complexity index is 132. The maximum absolute atomic E-state index is 11.3. The number of nitrogens with one attached hydrogen (secondary N) is 2. The summed E-state index contributed by atoms with van der Waals surface area (Å²) in [5.74, 6) is 0.0573. The lowest BCUT2D eigenvalue weighted by molar-refractivity contribution is -0.126. The fourth-order valence-electron chi connectivity index (χ4n) is 0.573. The minimum atomic E-state index is -0.449. The lowest BCUT2D eigenvalue weighted by Crippen LogP contribution is -2.51.